The second-order valence-corrected chi connectivity index (χ2v) is 5.36. The van der Waals surface area contributed by atoms with E-state index in [-0.39, 0.29) is 6.10 Å². The molecule has 0 N–H and O–H groups in total. The van der Waals surface area contributed by atoms with Crippen LogP contribution in [0.1, 0.15) is 5.56 Å². The molecule has 0 aliphatic carbocycles. The third kappa shape index (κ3) is 4.58. The smallest absolute Gasteiger partial charge is 0.170 e. The fraction of sp³-hybridized carbons (Fsp3) is 0.471. The first-order chi connectivity index (χ1) is 10.6. The van der Waals surface area contributed by atoms with Gasteiger partial charge in [-0.3, -0.25) is 0 Å². The van der Waals surface area contributed by atoms with Crippen molar-refractivity contribution in [2.45, 2.75) is 6.10 Å². The standard InChI is InChI=1S/C17H24NO4/c1-13(10-18(2)3)14-5-6-16(17(9-14)19-4)22-12-15-11-20-7-8-21-15/h5-6,9-10,15H,1,7-8,11-12H2,2-4H3/q+1/t15-/m1/s1. The third-order valence-corrected chi connectivity index (χ3v) is 3.26. The molecule has 1 aromatic rings. The molecular formula is C17H24NO4+. The molecule has 0 aromatic heterocycles. The quantitative estimate of drug-likeness (QED) is 0.594. The van der Waals surface area contributed by atoms with Crippen molar-refractivity contribution in [1.82, 2.24) is 0 Å². The normalized spacial score (nSPS) is 17.7. The van der Waals surface area contributed by atoms with E-state index in [1.165, 1.54) is 0 Å². The average molecular weight is 306 g/mol. The molecule has 1 aliphatic heterocycles. The van der Waals surface area contributed by atoms with Gasteiger partial charge in [0.1, 0.15) is 26.8 Å². The highest BCUT2D eigenvalue weighted by Crippen LogP contribution is 2.30. The van der Waals surface area contributed by atoms with Crippen LogP contribution in [0.2, 0.25) is 0 Å². The van der Waals surface area contributed by atoms with E-state index in [0.29, 0.717) is 37.9 Å². The summed E-state index contributed by atoms with van der Waals surface area (Å²) in [4.78, 5) is 0. The molecule has 0 spiro atoms. The van der Waals surface area contributed by atoms with Crippen molar-refractivity contribution in [2.75, 3.05) is 47.6 Å². The third-order valence-electron chi connectivity index (χ3n) is 3.26. The second-order valence-electron chi connectivity index (χ2n) is 5.36. The monoisotopic (exact) mass is 306 g/mol. The van der Waals surface area contributed by atoms with Gasteiger partial charge in [0, 0.05) is 5.57 Å². The molecule has 5 nitrogen and oxygen atoms in total. The van der Waals surface area contributed by atoms with Gasteiger partial charge >= 0.3 is 0 Å². The summed E-state index contributed by atoms with van der Waals surface area (Å²) in [7, 11) is 5.56. The number of hydrogen-bond donors (Lipinski definition) is 0. The number of rotatable bonds is 6. The molecule has 22 heavy (non-hydrogen) atoms. The van der Waals surface area contributed by atoms with Gasteiger partial charge in [-0.05, 0) is 17.7 Å². The molecule has 5 heteroatoms. The summed E-state index contributed by atoms with van der Waals surface area (Å²) in [6.45, 7) is 6.34. The van der Waals surface area contributed by atoms with Gasteiger partial charge in [0.05, 0.1) is 26.9 Å². The van der Waals surface area contributed by atoms with Gasteiger partial charge in [-0.15, -0.1) is 0 Å². The first-order valence-electron chi connectivity index (χ1n) is 7.31. The molecule has 1 aromatic carbocycles. The van der Waals surface area contributed by atoms with E-state index < -0.39 is 0 Å². The lowest BCUT2D eigenvalue weighted by Gasteiger charge is -2.23. The Hall–Kier alpha value is -1.85. The van der Waals surface area contributed by atoms with E-state index in [4.69, 9.17) is 18.9 Å². The van der Waals surface area contributed by atoms with Crippen LogP contribution in [0.15, 0.2) is 24.8 Å². The summed E-state index contributed by atoms with van der Waals surface area (Å²) in [5.41, 5.74) is 1.91. The summed E-state index contributed by atoms with van der Waals surface area (Å²) in [6.07, 6.45) is 1.93. The number of benzene rings is 1. The largest absolute Gasteiger partial charge is 0.493 e. The van der Waals surface area contributed by atoms with Crippen molar-refractivity contribution in [3.05, 3.63) is 30.3 Å². The van der Waals surface area contributed by atoms with Gasteiger partial charge in [0.25, 0.3) is 0 Å². The van der Waals surface area contributed by atoms with Crippen LogP contribution in [0, 0.1) is 0 Å². The van der Waals surface area contributed by atoms with Crippen LogP contribution in [0.5, 0.6) is 11.5 Å². The van der Waals surface area contributed by atoms with Crippen LogP contribution in [-0.4, -0.2) is 64.5 Å². The zero-order valence-electron chi connectivity index (χ0n) is 13.5. The maximum atomic E-state index is 5.80. The van der Waals surface area contributed by atoms with Crippen LogP contribution >= 0.6 is 0 Å². The fourth-order valence-electron chi connectivity index (χ4n) is 2.19. The minimum Gasteiger partial charge on any atom is -0.493 e. The Balaban J connectivity index is 2.05. The minimum atomic E-state index is -0.0322. The van der Waals surface area contributed by atoms with Crippen molar-refractivity contribution in [2.24, 2.45) is 0 Å². The lowest BCUT2D eigenvalue weighted by molar-refractivity contribution is -0.458. The highest BCUT2D eigenvalue weighted by molar-refractivity contribution is 6.06. The first-order valence-corrected chi connectivity index (χ1v) is 7.31. The summed E-state index contributed by atoms with van der Waals surface area (Å²) in [5, 5.41) is 0. The lowest BCUT2D eigenvalue weighted by atomic mass is 10.1. The van der Waals surface area contributed by atoms with Crippen LogP contribution in [0.3, 0.4) is 0 Å². The molecule has 0 saturated carbocycles. The molecule has 1 heterocycles. The summed E-state index contributed by atoms with van der Waals surface area (Å²) in [6, 6.07) is 5.79. The van der Waals surface area contributed by atoms with E-state index >= 15 is 0 Å². The number of nitrogens with zero attached hydrogens (tertiary/aromatic N) is 1. The number of methoxy groups -OCH3 is 1. The SMILES string of the molecule is C=C(C=[N+](C)C)c1ccc(OC[C@H]2COCCO2)c(OC)c1. The predicted octanol–water partition coefficient (Wildman–Crippen LogP) is 1.85. The molecule has 0 amide bonds. The number of hydrogen-bond acceptors (Lipinski definition) is 4. The molecule has 1 fully saturated rings. The van der Waals surface area contributed by atoms with Gasteiger partial charge in [-0.2, -0.15) is 0 Å². The molecule has 2 rings (SSSR count). The van der Waals surface area contributed by atoms with Crippen LogP contribution < -0.4 is 9.47 Å². The molecule has 1 atom stereocenters. The van der Waals surface area contributed by atoms with Crippen molar-refractivity contribution >= 4 is 11.8 Å². The Kier molecular flexibility index (Phi) is 5.98. The zero-order chi connectivity index (χ0) is 15.9. The molecule has 0 unspecified atom stereocenters. The summed E-state index contributed by atoms with van der Waals surface area (Å²) >= 11 is 0. The number of allylic oxidation sites excluding steroid dienone is 1. The van der Waals surface area contributed by atoms with Crippen molar-refractivity contribution < 1.29 is 23.5 Å². The number of ether oxygens (including phenoxy) is 4. The van der Waals surface area contributed by atoms with Crippen LogP contribution in [0.25, 0.3) is 5.57 Å². The summed E-state index contributed by atoms with van der Waals surface area (Å²) < 4.78 is 24.1. The van der Waals surface area contributed by atoms with Gasteiger partial charge in [-0.1, -0.05) is 12.6 Å². The highest BCUT2D eigenvalue weighted by atomic mass is 16.6. The lowest BCUT2D eigenvalue weighted by Crippen LogP contribution is -2.33. The van der Waals surface area contributed by atoms with E-state index in [9.17, 15) is 0 Å². The highest BCUT2D eigenvalue weighted by Gasteiger charge is 2.16. The molecule has 120 valence electrons. The van der Waals surface area contributed by atoms with Crippen LogP contribution in [-0.2, 0) is 9.47 Å². The van der Waals surface area contributed by atoms with E-state index in [0.717, 1.165) is 11.1 Å². The van der Waals surface area contributed by atoms with Crippen molar-refractivity contribution in [1.29, 1.82) is 0 Å². The van der Waals surface area contributed by atoms with Gasteiger partial charge < -0.3 is 18.9 Å². The Morgan fingerprint density at radius 3 is 2.82 bits per heavy atom. The predicted molar refractivity (Wildman–Crippen MR) is 86.3 cm³/mol. The average Bonchev–Trinajstić information content (AvgIpc) is 2.53. The van der Waals surface area contributed by atoms with Crippen molar-refractivity contribution in [3.63, 3.8) is 0 Å². The Bertz CT molecular complexity index is 544. The van der Waals surface area contributed by atoms with Gasteiger partial charge in [-0.25, -0.2) is 4.58 Å². The molecular weight excluding hydrogens is 282 g/mol. The van der Waals surface area contributed by atoms with Gasteiger partial charge in [0.2, 0.25) is 0 Å². The minimum absolute atomic E-state index is 0.0322. The molecule has 0 radical (unpaired) electrons. The Morgan fingerprint density at radius 1 is 1.36 bits per heavy atom. The van der Waals surface area contributed by atoms with Gasteiger partial charge in [0.15, 0.2) is 17.7 Å². The molecule has 0 bridgehead atoms. The van der Waals surface area contributed by atoms with Crippen LogP contribution in [0.4, 0.5) is 0 Å². The summed E-state index contributed by atoms with van der Waals surface area (Å²) in [5.74, 6) is 1.38. The Labute approximate surface area is 131 Å². The Morgan fingerprint density at radius 2 is 2.18 bits per heavy atom. The maximum Gasteiger partial charge on any atom is 0.170 e. The van der Waals surface area contributed by atoms with Crippen molar-refractivity contribution in [3.8, 4) is 11.5 Å². The topological polar surface area (TPSA) is 39.9 Å². The fourth-order valence-corrected chi connectivity index (χ4v) is 2.19. The second kappa shape index (κ2) is 7.96. The van der Waals surface area contributed by atoms with E-state index in [2.05, 4.69) is 6.58 Å². The molecule has 1 aliphatic rings. The zero-order valence-corrected chi connectivity index (χ0v) is 13.5. The van der Waals surface area contributed by atoms with E-state index in [1.807, 2.05) is 43.1 Å². The van der Waals surface area contributed by atoms with E-state index in [1.54, 1.807) is 7.11 Å². The maximum absolute atomic E-state index is 5.80. The first kappa shape index (κ1) is 16.5. The molecule has 1 saturated heterocycles.